The van der Waals surface area contributed by atoms with Gasteiger partial charge in [0.25, 0.3) is 0 Å². The molecule has 4 rings (SSSR count). The van der Waals surface area contributed by atoms with Gasteiger partial charge in [-0.25, -0.2) is 4.39 Å². The van der Waals surface area contributed by atoms with E-state index in [1.165, 1.54) is 12.1 Å². The van der Waals surface area contributed by atoms with E-state index in [0.717, 1.165) is 66.0 Å². The number of carbonyl (C=O) groups is 1. The number of thioether (sulfide) groups is 1. The molecule has 0 amide bonds. The highest BCUT2D eigenvalue weighted by molar-refractivity contribution is 7.99. The van der Waals surface area contributed by atoms with Crippen molar-refractivity contribution in [1.29, 1.82) is 0 Å². The molecule has 2 heterocycles. The number of aliphatic carboxylic acids is 1. The number of aromatic nitrogens is 1. The van der Waals surface area contributed by atoms with Crippen LogP contribution in [0.4, 0.5) is 4.39 Å². The first-order valence-electron chi connectivity index (χ1n) is 13.0. The van der Waals surface area contributed by atoms with Crippen molar-refractivity contribution < 1.29 is 24.1 Å². The van der Waals surface area contributed by atoms with Gasteiger partial charge in [0, 0.05) is 34.5 Å². The van der Waals surface area contributed by atoms with E-state index >= 15 is 0 Å². The van der Waals surface area contributed by atoms with Crippen LogP contribution in [0.5, 0.6) is 5.75 Å². The van der Waals surface area contributed by atoms with Crippen molar-refractivity contribution in [2.24, 2.45) is 11.8 Å². The smallest absolute Gasteiger partial charge is 0.303 e. The zero-order valence-corrected chi connectivity index (χ0v) is 23.1. The van der Waals surface area contributed by atoms with Gasteiger partial charge in [0.05, 0.1) is 18.7 Å². The maximum Gasteiger partial charge on any atom is 0.303 e. The molecular weight excluding hydrogens is 527 g/mol. The predicted molar refractivity (Wildman–Crippen MR) is 150 cm³/mol. The maximum absolute atomic E-state index is 13.5. The highest BCUT2D eigenvalue weighted by Crippen LogP contribution is 2.35. The summed E-state index contributed by atoms with van der Waals surface area (Å²) in [4.78, 5) is 19.2. The Kier molecular flexibility index (Phi) is 10.2. The van der Waals surface area contributed by atoms with Gasteiger partial charge < -0.3 is 19.8 Å². The number of aliphatic hydroxyl groups excluding tert-OH is 1. The van der Waals surface area contributed by atoms with Gasteiger partial charge in [-0.2, -0.15) is 0 Å². The molecule has 0 unspecified atom stereocenters. The Hall–Kier alpha value is -2.39. The summed E-state index contributed by atoms with van der Waals surface area (Å²) >= 11 is 7.52. The van der Waals surface area contributed by atoms with E-state index in [9.17, 15) is 19.4 Å². The number of nitrogens with zero attached hydrogens (tertiary/aromatic N) is 2. The minimum absolute atomic E-state index is 0.0393. The lowest BCUT2D eigenvalue weighted by Gasteiger charge is -2.38. The minimum Gasteiger partial charge on any atom is -0.497 e. The van der Waals surface area contributed by atoms with Crippen molar-refractivity contribution in [3.8, 4) is 5.75 Å². The van der Waals surface area contributed by atoms with Gasteiger partial charge >= 0.3 is 5.97 Å². The normalized spacial score (nSPS) is 18.9. The molecule has 1 fully saturated rings. The van der Waals surface area contributed by atoms with Crippen LogP contribution in [0.1, 0.15) is 43.8 Å². The molecule has 3 atom stereocenters. The summed E-state index contributed by atoms with van der Waals surface area (Å²) in [5.41, 5.74) is 1.62. The van der Waals surface area contributed by atoms with Crippen LogP contribution in [0.2, 0.25) is 5.02 Å². The number of carboxylic acid groups (broad SMARTS) is 1. The number of hydrogen-bond donors (Lipinski definition) is 2. The van der Waals surface area contributed by atoms with Crippen molar-refractivity contribution >= 4 is 40.2 Å². The monoisotopic (exact) mass is 560 g/mol. The minimum atomic E-state index is -0.784. The third-order valence-electron chi connectivity index (χ3n) is 7.29. The highest BCUT2D eigenvalue weighted by atomic mass is 35.5. The number of ether oxygens (including phenoxy) is 1. The summed E-state index contributed by atoms with van der Waals surface area (Å²) in [6.45, 7) is 2.51. The van der Waals surface area contributed by atoms with E-state index < -0.39 is 12.1 Å². The number of halogens is 2. The number of methoxy groups -OCH3 is 1. The van der Waals surface area contributed by atoms with E-state index in [1.807, 2.05) is 24.3 Å². The Morgan fingerprint density at radius 1 is 1.26 bits per heavy atom. The van der Waals surface area contributed by atoms with Crippen LogP contribution >= 0.6 is 23.4 Å². The highest BCUT2D eigenvalue weighted by Gasteiger charge is 2.31. The van der Waals surface area contributed by atoms with Crippen molar-refractivity contribution in [3.05, 3.63) is 65.1 Å². The Labute approximate surface area is 232 Å². The topological polar surface area (TPSA) is 82.9 Å². The van der Waals surface area contributed by atoms with Crippen molar-refractivity contribution in [2.75, 3.05) is 32.5 Å². The quantitative estimate of drug-likeness (QED) is 0.195. The Morgan fingerprint density at radius 2 is 2.11 bits per heavy atom. The van der Waals surface area contributed by atoms with E-state index in [0.29, 0.717) is 17.2 Å². The second-order valence-corrected chi connectivity index (χ2v) is 11.5. The average Bonchev–Trinajstić information content (AvgIpc) is 2.89. The van der Waals surface area contributed by atoms with E-state index in [-0.39, 0.29) is 24.1 Å². The van der Waals surface area contributed by atoms with E-state index in [2.05, 4.69) is 9.88 Å². The molecule has 6 nitrogen and oxygen atoms in total. The van der Waals surface area contributed by atoms with Gasteiger partial charge in [0.1, 0.15) is 11.6 Å². The number of rotatable bonds is 12. The van der Waals surface area contributed by atoms with Gasteiger partial charge in [-0.15, -0.1) is 11.8 Å². The number of aliphatic hydroxyl groups is 1. The first-order valence-corrected chi connectivity index (χ1v) is 14.3. The van der Waals surface area contributed by atoms with Gasteiger partial charge in [-0.1, -0.05) is 11.6 Å². The second-order valence-electron chi connectivity index (χ2n) is 9.89. The molecule has 3 aromatic rings. The van der Waals surface area contributed by atoms with Gasteiger partial charge in [-0.3, -0.25) is 9.78 Å². The third-order valence-corrected chi connectivity index (χ3v) is 8.57. The Morgan fingerprint density at radius 3 is 2.87 bits per heavy atom. The number of likely N-dealkylation sites (tertiary alicyclic amines) is 1. The number of hydrogen-bond acceptors (Lipinski definition) is 6. The second kappa shape index (κ2) is 13.6. The molecule has 0 spiro atoms. The summed E-state index contributed by atoms with van der Waals surface area (Å²) in [5.74, 6) is 0.709. The third kappa shape index (κ3) is 7.82. The summed E-state index contributed by atoms with van der Waals surface area (Å²) < 4.78 is 18.9. The average molecular weight is 561 g/mol. The fourth-order valence-corrected chi connectivity index (χ4v) is 6.58. The SMILES string of the molecule is COc1ccc2nccc([C@@H](O)CC[C@@H]3CCN(CCCSc4cc(F)cc(Cl)c4)C[C@@H]3CC(=O)O)c2c1. The van der Waals surface area contributed by atoms with Crippen LogP contribution in [-0.4, -0.2) is 58.6 Å². The van der Waals surface area contributed by atoms with Crippen molar-refractivity contribution in [1.82, 2.24) is 9.88 Å². The molecule has 0 aliphatic carbocycles. The molecular formula is C29H34ClFN2O4S. The Bertz CT molecular complexity index is 1230. The molecule has 2 aromatic carbocycles. The first kappa shape index (κ1) is 28.6. The molecule has 1 aliphatic rings. The van der Waals surface area contributed by atoms with Crippen LogP contribution in [0.25, 0.3) is 10.9 Å². The number of fused-ring (bicyclic) bond motifs is 1. The number of benzene rings is 2. The predicted octanol–water partition coefficient (Wildman–Crippen LogP) is 6.44. The summed E-state index contributed by atoms with van der Waals surface area (Å²) in [6, 6.07) is 12.0. The summed E-state index contributed by atoms with van der Waals surface area (Å²) in [6.07, 6.45) is 4.32. The van der Waals surface area contributed by atoms with Crippen LogP contribution in [0.3, 0.4) is 0 Å². The van der Waals surface area contributed by atoms with Crippen LogP contribution in [-0.2, 0) is 4.79 Å². The molecule has 1 saturated heterocycles. The number of pyridine rings is 1. The van der Waals surface area contributed by atoms with Crippen LogP contribution < -0.4 is 4.74 Å². The molecule has 9 heteroatoms. The molecule has 1 aliphatic heterocycles. The molecule has 0 radical (unpaired) electrons. The lowest BCUT2D eigenvalue weighted by molar-refractivity contribution is -0.139. The lowest BCUT2D eigenvalue weighted by atomic mass is 9.79. The van der Waals surface area contributed by atoms with Crippen molar-refractivity contribution in [3.63, 3.8) is 0 Å². The Balaban J connectivity index is 1.31. The number of piperidine rings is 1. The fraction of sp³-hybridized carbons (Fsp3) is 0.448. The first-order chi connectivity index (χ1) is 18.3. The zero-order chi connectivity index (χ0) is 27.1. The lowest BCUT2D eigenvalue weighted by Crippen LogP contribution is -2.42. The van der Waals surface area contributed by atoms with Gasteiger partial charge in [-0.05, 0) is 104 Å². The largest absolute Gasteiger partial charge is 0.497 e. The number of carboxylic acids is 1. The van der Waals surface area contributed by atoms with Crippen LogP contribution in [0.15, 0.2) is 53.6 Å². The van der Waals surface area contributed by atoms with Gasteiger partial charge in [0.2, 0.25) is 0 Å². The van der Waals surface area contributed by atoms with Gasteiger partial charge in [0.15, 0.2) is 0 Å². The molecule has 204 valence electrons. The molecule has 38 heavy (non-hydrogen) atoms. The van der Waals surface area contributed by atoms with E-state index in [1.54, 1.807) is 31.1 Å². The van der Waals surface area contributed by atoms with E-state index in [4.69, 9.17) is 16.3 Å². The zero-order valence-electron chi connectivity index (χ0n) is 21.5. The maximum atomic E-state index is 13.5. The molecule has 2 N–H and O–H groups in total. The van der Waals surface area contributed by atoms with Crippen LogP contribution in [0, 0.1) is 17.7 Å². The molecule has 1 aromatic heterocycles. The standard InChI is InChI=1S/C29H34ClFN2O4S/c1-37-23-4-5-27-26(17-23)25(7-9-32-27)28(34)6-3-19-8-11-33(18-20(19)13-29(35)36)10-2-12-38-24-15-21(30)14-22(31)16-24/h4-5,7,9,14-17,19-20,28,34H,2-3,6,8,10-13,18H2,1H3,(H,35,36)/t19-,20+,28+/m1/s1. The summed E-state index contributed by atoms with van der Waals surface area (Å²) in [5, 5.41) is 21.9. The fourth-order valence-electron chi connectivity index (χ4n) is 5.38. The summed E-state index contributed by atoms with van der Waals surface area (Å²) in [7, 11) is 1.61. The van der Waals surface area contributed by atoms with Crippen molar-refractivity contribution in [2.45, 2.75) is 43.1 Å². The molecule has 0 bridgehead atoms. The molecule has 0 saturated carbocycles.